The van der Waals surface area contributed by atoms with E-state index in [1.807, 2.05) is 36.4 Å². The second-order valence-electron chi connectivity index (χ2n) is 27.4. The molecular formula is C95H101Cl2N3. The van der Waals surface area contributed by atoms with Crippen molar-refractivity contribution in [1.29, 1.82) is 0 Å². The van der Waals surface area contributed by atoms with Gasteiger partial charge in [0.25, 0.3) is 0 Å². The second-order valence-corrected chi connectivity index (χ2v) is 28.3. The first-order valence-electron chi connectivity index (χ1n) is 36.3. The fourth-order valence-corrected chi connectivity index (χ4v) is 14.0. The van der Waals surface area contributed by atoms with Gasteiger partial charge in [0.05, 0.1) is 0 Å². The number of rotatable bonds is 23. The Kier molecular flexibility index (Phi) is 26.1. The Balaban J connectivity index is 0.000000208. The molecule has 0 aromatic heterocycles. The summed E-state index contributed by atoms with van der Waals surface area (Å²) in [5.74, 6) is 0. The lowest BCUT2D eigenvalue weighted by atomic mass is 9.89. The van der Waals surface area contributed by atoms with Crippen molar-refractivity contribution in [2.45, 2.75) is 153 Å². The third-order valence-electron chi connectivity index (χ3n) is 19.5. The first-order valence-corrected chi connectivity index (χ1v) is 37.0. The van der Waals surface area contributed by atoms with E-state index in [0.717, 1.165) is 38.5 Å². The predicted octanol–water partition coefficient (Wildman–Crippen LogP) is 28.8. The molecule has 0 spiro atoms. The minimum atomic E-state index is 0.777. The fraction of sp³-hybridized carbons (Fsp3) is 0.242. The molecule has 0 unspecified atom stereocenters. The molecule has 4 N–H and O–H groups in total. The van der Waals surface area contributed by atoms with Crippen molar-refractivity contribution >= 4 is 51.6 Å². The molecule has 0 saturated carbocycles. The Hall–Kier alpha value is -9.38. The van der Waals surface area contributed by atoms with Crippen LogP contribution in [-0.4, -0.2) is 0 Å². The molecule has 0 amide bonds. The van der Waals surface area contributed by atoms with Crippen LogP contribution >= 0.6 is 23.2 Å². The maximum Gasteiger partial charge on any atom is 0.0409 e. The Morgan fingerprint density at radius 2 is 0.470 bits per heavy atom. The van der Waals surface area contributed by atoms with Gasteiger partial charge in [0, 0.05) is 38.5 Å². The third-order valence-corrected chi connectivity index (χ3v) is 19.9. The Bertz CT molecular complexity index is 4390. The predicted molar refractivity (Wildman–Crippen MR) is 439 cm³/mol. The van der Waals surface area contributed by atoms with Gasteiger partial charge in [0.15, 0.2) is 0 Å². The molecule has 3 nitrogen and oxygen atoms in total. The van der Waals surface area contributed by atoms with Crippen LogP contribution in [0.25, 0.3) is 77.9 Å². The first-order chi connectivity index (χ1) is 48.4. The first kappa shape index (κ1) is 73.3. The number of benzene rings is 12. The van der Waals surface area contributed by atoms with Gasteiger partial charge in [0.1, 0.15) is 0 Å². The molecule has 0 bridgehead atoms. The fourth-order valence-electron chi connectivity index (χ4n) is 13.6. The number of hydrogen-bond acceptors (Lipinski definition) is 3. The standard InChI is InChI=1S/C56H60N2.C22H20Cl2.C17H21N/c1-7-9-11-13-43-15-19-45(20-16-43)47-23-27-49(28-24-47)57-51-31-33-53(39(3)35-51)55-37-42(6)56(38-41(55)5)54-34-32-52(36-40(54)4)58-50-29-25-48(26-30-50)46-21-17-44(18-22-46)14-12-10-8-2;1-13-9-17(23)5-7-19(13)21-11-16(4)22(12-15(21)3)20-8-6-18(24)10-14(20)2;1-2-3-4-5-14-6-8-15(9-7-14)16-10-12-17(18)13-11-16/h15-38,57-58H,7-14H2,1-6H3;5-12H,1-4H3;6-13H,2-5,18H2,1H3. The maximum atomic E-state index is 6.10. The van der Waals surface area contributed by atoms with Gasteiger partial charge in [-0.25, -0.2) is 0 Å². The van der Waals surface area contributed by atoms with Gasteiger partial charge in [-0.1, -0.05) is 240 Å². The number of nitrogen functional groups attached to an aromatic ring is 1. The van der Waals surface area contributed by atoms with Crippen molar-refractivity contribution in [1.82, 2.24) is 0 Å². The van der Waals surface area contributed by atoms with Crippen LogP contribution in [-0.2, 0) is 19.3 Å². The Morgan fingerprint density at radius 3 is 0.730 bits per heavy atom. The van der Waals surface area contributed by atoms with Gasteiger partial charge in [0.2, 0.25) is 0 Å². The summed E-state index contributed by atoms with van der Waals surface area (Å²) in [6.45, 7) is 24.2. The van der Waals surface area contributed by atoms with Gasteiger partial charge >= 0.3 is 0 Å². The van der Waals surface area contributed by atoms with Crippen LogP contribution in [0, 0.1) is 55.4 Å². The van der Waals surface area contributed by atoms with Crippen molar-refractivity contribution in [3.63, 3.8) is 0 Å². The maximum absolute atomic E-state index is 6.10. The Morgan fingerprint density at radius 1 is 0.240 bits per heavy atom. The third kappa shape index (κ3) is 19.7. The summed E-state index contributed by atoms with van der Waals surface area (Å²) < 4.78 is 0. The summed E-state index contributed by atoms with van der Waals surface area (Å²) in [5.41, 5.74) is 42.8. The van der Waals surface area contributed by atoms with Crippen LogP contribution in [0.5, 0.6) is 0 Å². The minimum Gasteiger partial charge on any atom is -0.399 e. The highest BCUT2D eigenvalue weighted by Gasteiger charge is 2.16. The van der Waals surface area contributed by atoms with Crippen LogP contribution in [0.2, 0.25) is 10.0 Å². The summed E-state index contributed by atoms with van der Waals surface area (Å²) in [6, 6.07) is 87.5. The highest BCUT2D eigenvalue weighted by Crippen LogP contribution is 2.39. The van der Waals surface area contributed by atoms with Crippen LogP contribution in [0.3, 0.4) is 0 Å². The van der Waals surface area contributed by atoms with Crippen LogP contribution in [0.15, 0.2) is 243 Å². The average molecular weight is 1360 g/mol. The molecule has 0 radical (unpaired) electrons. The molecule has 100 heavy (non-hydrogen) atoms. The molecule has 0 aliphatic rings. The molecule has 0 aliphatic carbocycles. The number of anilines is 5. The van der Waals surface area contributed by atoms with Crippen molar-refractivity contribution in [2.75, 3.05) is 16.4 Å². The quantitative estimate of drug-likeness (QED) is 0.0442. The average Bonchev–Trinajstić information content (AvgIpc) is 0.790. The molecule has 5 heteroatoms. The minimum absolute atomic E-state index is 0.777. The number of nitrogens with one attached hydrogen (secondary N) is 2. The lowest BCUT2D eigenvalue weighted by Gasteiger charge is -2.18. The van der Waals surface area contributed by atoms with Gasteiger partial charge in [-0.2, -0.15) is 0 Å². The molecule has 12 aromatic carbocycles. The van der Waals surface area contributed by atoms with Crippen molar-refractivity contribution in [3.8, 4) is 77.9 Å². The SMILES string of the molecule is CCCCCc1ccc(-c2ccc(N)cc2)cc1.CCCCCc1ccc(-c2ccc(Nc3ccc(-c4cc(C)c(-c5ccc(Nc6ccc(-c7ccc(CCCCC)cc7)cc6)cc5C)cc4C)c(C)c3)cc2)cc1.Cc1cc(Cl)ccc1-c1cc(C)c(-c2ccc(Cl)cc2C)cc1C. The molecular weight excluding hydrogens is 1250 g/mol. The zero-order valence-electron chi connectivity index (χ0n) is 60.9. The van der Waals surface area contributed by atoms with Crippen molar-refractivity contribution in [2.24, 2.45) is 0 Å². The van der Waals surface area contributed by atoms with E-state index in [4.69, 9.17) is 28.9 Å². The van der Waals surface area contributed by atoms with Crippen LogP contribution in [0.4, 0.5) is 28.4 Å². The highest BCUT2D eigenvalue weighted by atomic mass is 35.5. The summed E-state index contributed by atoms with van der Waals surface area (Å²) >= 11 is 12.2. The molecule has 0 saturated heterocycles. The number of unbranched alkanes of at least 4 members (excludes halogenated alkanes) is 6. The van der Waals surface area contributed by atoms with Gasteiger partial charge < -0.3 is 16.4 Å². The summed E-state index contributed by atoms with van der Waals surface area (Å²) in [5, 5.41) is 8.82. The number of halogens is 2. The molecule has 0 aliphatic heterocycles. The molecule has 12 aromatic rings. The van der Waals surface area contributed by atoms with E-state index in [9.17, 15) is 0 Å². The topological polar surface area (TPSA) is 50.1 Å². The van der Waals surface area contributed by atoms with E-state index in [1.165, 1.54) is 216 Å². The van der Waals surface area contributed by atoms with Gasteiger partial charge in [-0.05, 0) is 318 Å². The monoisotopic (exact) mass is 1350 g/mol. The molecule has 0 atom stereocenters. The lowest BCUT2D eigenvalue weighted by molar-refractivity contribution is 0.717. The van der Waals surface area contributed by atoms with E-state index in [2.05, 4.69) is 293 Å². The molecule has 0 fully saturated rings. The van der Waals surface area contributed by atoms with E-state index in [0.29, 0.717) is 0 Å². The Labute approximate surface area is 609 Å². The molecule has 510 valence electrons. The van der Waals surface area contributed by atoms with E-state index in [-0.39, 0.29) is 0 Å². The largest absolute Gasteiger partial charge is 0.399 e. The number of aryl methyl sites for hydroxylation is 11. The summed E-state index contributed by atoms with van der Waals surface area (Å²) in [6.07, 6.45) is 15.1. The van der Waals surface area contributed by atoms with E-state index >= 15 is 0 Å². The zero-order valence-corrected chi connectivity index (χ0v) is 62.4. The van der Waals surface area contributed by atoms with Gasteiger partial charge in [-0.3, -0.25) is 0 Å². The molecule has 0 heterocycles. The lowest BCUT2D eigenvalue weighted by Crippen LogP contribution is -1.96. The van der Waals surface area contributed by atoms with E-state index < -0.39 is 0 Å². The van der Waals surface area contributed by atoms with E-state index in [1.54, 1.807) is 0 Å². The number of nitrogens with two attached hydrogens (primary N) is 1. The molecule has 12 rings (SSSR count). The van der Waals surface area contributed by atoms with Crippen molar-refractivity contribution in [3.05, 3.63) is 314 Å². The normalized spacial score (nSPS) is 11.0. The zero-order chi connectivity index (χ0) is 70.7. The highest BCUT2D eigenvalue weighted by molar-refractivity contribution is 6.31. The van der Waals surface area contributed by atoms with Crippen LogP contribution in [0.1, 0.15) is 140 Å². The summed E-state index contributed by atoms with van der Waals surface area (Å²) in [7, 11) is 0. The van der Waals surface area contributed by atoms with Gasteiger partial charge in [-0.15, -0.1) is 0 Å². The second kappa shape index (κ2) is 35.6. The van der Waals surface area contributed by atoms with Crippen molar-refractivity contribution < 1.29 is 0 Å². The number of hydrogen-bond donors (Lipinski definition) is 3. The summed E-state index contributed by atoms with van der Waals surface area (Å²) in [4.78, 5) is 0. The smallest absolute Gasteiger partial charge is 0.0409 e. The van der Waals surface area contributed by atoms with Crippen LogP contribution < -0.4 is 16.4 Å².